The Morgan fingerprint density at radius 2 is 1.89 bits per heavy atom. The zero-order valence-corrected chi connectivity index (χ0v) is 12.0. The van der Waals surface area contributed by atoms with Crippen LogP contribution in [0.15, 0.2) is 24.3 Å². The van der Waals surface area contributed by atoms with E-state index in [1.807, 2.05) is 10.7 Å². The summed E-state index contributed by atoms with van der Waals surface area (Å²) in [6.07, 6.45) is 0. The van der Waals surface area contributed by atoms with Crippen molar-refractivity contribution in [2.24, 2.45) is 0 Å². The molecule has 1 N–H and O–H groups in total. The number of hydrogen-bond donors (Lipinski definition) is 1. The van der Waals surface area contributed by atoms with E-state index in [0.29, 0.717) is 18.5 Å². The first-order valence-corrected chi connectivity index (χ1v) is 6.69. The molecule has 102 valence electrons. The molecule has 0 saturated heterocycles. The average Bonchev–Trinajstić information content (AvgIpc) is 2.84. The molecule has 0 radical (unpaired) electrons. The molecule has 2 aromatic rings. The molecule has 2 rings (SSSR count). The second-order valence-electron chi connectivity index (χ2n) is 5.26. The summed E-state index contributed by atoms with van der Waals surface area (Å²) < 4.78 is 1.82. The summed E-state index contributed by atoms with van der Waals surface area (Å²) in [6, 6.07) is 8.66. The maximum atomic E-state index is 4.12. The van der Waals surface area contributed by atoms with Crippen molar-refractivity contribution in [2.75, 3.05) is 0 Å². The summed E-state index contributed by atoms with van der Waals surface area (Å²) in [7, 11) is 0. The molecule has 1 aromatic carbocycles. The van der Waals surface area contributed by atoms with E-state index in [2.05, 4.69) is 66.7 Å². The number of tetrazole rings is 1. The van der Waals surface area contributed by atoms with Gasteiger partial charge in [0.25, 0.3) is 0 Å². The highest BCUT2D eigenvalue weighted by molar-refractivity contribution is 5.42. The van der Waals surface area contributed by atoms with Gasteiger partial charge < -0.3 is 5.32 Å². The summed E-state index contributed by atoms with van der Waals surface area (Å²) in [5.41, 5.74) is 2.31. The van der Waals surface area contributed by atoms with E-state index in [0.717, 1.165) is 11.5 Å². The van der Waals surface area contributed by atoms with Gasteiger partial charge in [-0.1, -0.05) is 45.9 Å². The summed E-state index contributed by atoms with van der Waals surface area (Å²) >= 11 is 0. The second kappa shape index (κ2) is 5.93. The lowest BCUT2D eigenvalue weighted by atomic mass is 10.0. The third-order valence-corrected chi connectivity index (χ3v) is 2.99. The van der Waals surface area contributed by atoms with E-state index in [1.54, 1.807) is 0 Å². The van der Waals surface area contributed by atoms with E-state index in [-0.39, 0.29) is 0 Å². The molecule has 19 heavy (non-hydrogen) atoms. The summed E-state index contributed by atoms with van der Waals surface area (Å²) in [4.78, 5) is 0. The Labute approximate surface area is 114 Å². The van der Waals surface area contributed by atoms with Crippen LogP contribution in [0, 0.1) is 0 Å². The lowest BCUT2D eigenvalue weighted by Gasteiger charge is -2.14. The Bertz CT molecular complexity index is 530. The smallest absolute Gasteiger partial charge is 0.170 e. The largest absolute Gasteiger partial charge is 0.308 e. The third kappa shape index (κ3) is 3.17. The Morgan fingerprint density at radius 3 is 2.58 bits per heavy atom. The molecule has 0 spiro atoms. The van der Waals surface area contributed by atoms with Crippen molar-refractivity contribution in [3.8, 4) is 5.69 Å². The van der Waals surface area contributed by atoms with Crippen molar-refractivity contribution >= 4 is 0 Å². The maximum Gasteiger partial charge on any atom is 0.170 e. The predicted molar refractivity (Wildman–Crippen MR) is 75.2 cm³/mol. The van der Waals surface area contributed by atoms with Crippen LogP contribution in [0.2, 0.25) is 0 Å². The fourth-order valence-corrected chi connectivity index (χ4v) is 1.97. The van der Waals surface area contributed by atoms with Gasteiger partial charge in [-0.2, -0.15) is 4.68 Å². The lowest BCUT2D eigenvalue weighted by Crippen LogP contribution is -2.24. The number of aromatic nitrogens is 4. The molecule has 0 bridgehead atoms. The first-order chi connectivity index (χ1) is 9.09. The number of hydrogen-bond acceptors (Lipinski definition) is 4. The number of rotatable bonds is 5. The SMILES string of the molecule is CC(C)NCc1nnnn1-c1ccccc1C(C)C. The van der Waals surface area contributed by atoms with Gasteiger partial charge in [0.2, 0.25) is 0 Å². The minimum atomic E-state index is 0.408. The van der Waals surface area contributed by atoms with Crippen molar-refractivity contribution in [3.05, 3.63) is 35.7 Å². The van der Waals surface area contributed by atoms with Gasteiger partial charge in [0.15, 0.2) is 5.82 Å². The zero-order chi connectivity index (χ0) is 13.8. The van der Waals surface area contributed by atoms with Crippen LogP contribution in [0.4, 0.5) is 0 Å². The molecule has 0 amide bonds. The van der Waals surface area contributed by atoms with E-state index in [1.165, 1.54) is 5.56 Å². The molecule has 1 aromatic heterocycles. The fraction of sp³-hybridized carbons (Fsp3) is 0.500. The molecule has 5 nitrogen and oxygen atoms in total. The molecule has 1 heterocycles. The number of para-hydroxylation sites is 1. The molecular weight excluding hydrogens is 238 g/mol. The van der Waals surface area contributed by atoms with Crippen LogP contribution in [0.1, 0.15) is 45.0 Å². The van der Waals surface area contributed by atoms with Crippen LogP contribution >= 0.6 is 0 Å². The molecule has 0 aliphatic carbocycles. The molecule has 5 heteroatoms. The Morgan fingerprint density at radius 1 is 1.16 bits per heavy atom. The Hall–Kier alpha value is -1.75. The first-order valence-electron chi connectivity index (χ1n) is 6.69. The van der Waals surface area contributed by atoms with E-state index >= 15 is 0 Å². The Kier molecular flexibility index (Phi) is 4.27. The van der Waals surface area contributed by atoms with Gasteiger partial charge in [0.05, 0.1) is 12.2 Å². The predicted octanol–water partition coefficient (Wildman–Crippen LogP) is 2.28. The van der Waals surface area contributed by atoms with Crippen LogP contribution in [-0.2, 0) is 6.54 Å². The fourth-order valence-electron chi connectivity index (χ4n) is 1.97. The standard InChI is InChI=1S/C14H21N5/c1-10(2)12-7-5-6-8-13(12)19-14(16-17-18-19)9-15-11(3)4/h5-8,10-11,15H,9H2,1-4H3. The minimum absolute atomic E-state index is 0.408. The number of benzene rings is 1. The van der Waals surface area contributed by atoms with Crippen LogP contribution < -0.4 is 5.32 Å². The van der Waals surface area contributed by atoms with Gasteiger partial charge in [-0.3, -0.25) is 0 Å². The van der Waals surface area contributed by atoms with Crippen molar-refractivity contribution in [1.82, 2.24) is 25.5 Å². The van der Waals surface area contributed by atoms with Gasteiger partial charge in [-0.25, -0.2) is 0 Å². The average molecular weight is 259 g/mol. The van der Waals surface area contributed by atoms with Gasteiger partial charge in [0.1, 0.15) is 0 Å². The summed E-state index contributed by atoms with van der Waals surface area (Å²) in [6.45, 7) is 9.23. The van der Waals surface area contributed by atoms with Gasteiger partial charge >= 0.3 is 0 Å². The third-order valence-electron chi connectivity index (χ3n) is 2.99. The van der Waals surface area contributed by atoms with Crippen molar-refractivity contribution in [3.63, 3.8) is 0 Å². The van der Waals surface area contributed by atoms with Crippen LogP contribution in [0.25, 0.3) is 5.69 Å². The van der Waals surface area contributed by atoms with Crippen molar-refractivity contribution in [2.45, 2.75) is 46.2 Å². The Balaban J connectivity index is 2.34. The van der Waals surface area contributed by atoms with Gasteiger partial charge in [-0.15, -0.1) is 5.10 Å². The summed E-state index contributed by atoms with van der Waals surface area (Å²) in [5.74, 6) is 1.27. The molecule has 0 saturated carbocycles. The van der Waals surface area contributed by atoms with E-state index in [4.69, 9.17) is 0 Å². The normalized spacial score (nSPS) is 11.5. The summed E-state index contributed by atoms with van der Waals surface area (Å²) in [5, 5.41) is 15.4. The van der Waals surface area contributed by atoms with Crippen molar-refractivity contribution < 1.29 is 0 Å². The quantitative estimate of drug-likeness (QED) is 0.895. The minimum Gasteiger partial charge on any atom is -0.308 e. The van der Waals surface area contributed by atoms with E-state index < -0.39 is 0 Å². The molecule has 0 aliphatic heterocycles. The molecule has 0 atom stereocenters. The number of nitrogens with one attached hydrogen (secondary N) is 1. The zero-order valence-electron chi connectivity index (χ0n) is 12.0. The van der Waals surface area contributed by atoms with Crippen LogP contribution in [-0.4, -0.2) is 26.2 Å². The topological polar surface area (TPSA) is 55.6 Å². The maximum absolute atomic E-state index is 4.12. The van der Waals surface area contributed by atoms with E-state index in [9.17, 15) is 0 Å². The molecule has 0 fully saturated rings. The van der Waals surface area contributed by atoms with Gasteiger partial charge in [-0.05, 0) is 28.0 Å². The van der Waals surface area contributed by atoms with Crippen LogP contribution in [0.3, 0.4) is 0 Å². The number of nitrogens with zero attached hydrogens (tertiary/aromatic N) is 4. The van der Waals surface area contributed by atoms with Gasteiger partial charge in [0, 0.05) is 6.04 Å². The van der Waals surface area contributed by atoms with Crippen LogP contribution in [0.5, 0.6) is 0 Å². The lowest BCUT2D eigenvalue weighted by molar-refractivity contribution is 0.562. The molecular formula is C14H21N5. The van der Waals surface area contributed by atoms with Crippen molar-refractivity contribution in [1.29, 1.82) is 0 Å². The highest BCUT2D eigenvalue weighted by Gasteiger charge is 2.13. The monoisotopic (exact) mass is 259 g/mol. The molecule has 0 unspecified atom stereocenters. The second-order valence-corrected chi connectivity index (χ2v) is 5.26. The molecule has 0 aliphatic rings. The highest BCUT2D eigenvalue weighted by atomic mass is 15.5. The highest BCUT2D eigenvalue weighted by Crippen LogP contribution is 2.22. The first kappa shape index (κ1) is 13.7.